The maximum absolute atomic E-state index is 12.7. The molecule has 0 saturated heterocycles. The van der Waals surface area contributed by atoms with Crippen LogP contribution in [0.2, 0.25) is 0 Å². The molecule has 0 saturated carbocycles. The molecule has 1 aromatic carbocycles. The van der Waals surface area contributed by atoms with Gasteiger partial charge in [-0.25, -0.2) is 9.97 Å². The second kappa shape index (κ2) is 6.80. The molecule has 2 aromatic heterocycles. The van der Waals surface area contributed by atoms with Crippen LogP contribution < -0.4 is 10.1 Å². The van der Waals surface area contributed by atoms with Crippen molar-refractivity contribution in [3.63, 3.8) is 0 Å². The molecule has 1 aliphatic rings. The fraction of sp³-hybridized carbons (Fsp3) is 0.0500. The molecule has 1 aliphatic carbocycles. The third-order valence-electron chi connectivity index (χ3n) is 4.04. The Hall–Kier alpha value is -3.87. The molecule has 7 nitrogen and oxygen atoms in total. The minimum atomic E-state index is -0.388. The Morgan fingerprint density at radius 1 is 0.926 bits per heavy atom. The number of benzene rings is 1. The van der Waals surface area contributed by atoms with Crippen LogP contribution in [0, 0.1) is 0 Å². The van der Waals surface area contributed by atoms with Gasteiger partial charge in [-0.1, -0.05) is 6.07 Å². The lowest BCUT2D eigenvalue weighted by molar-refractivity contribution is 0.0978. The molecule has 0 spiro atoms. The highest BCUT2D eigenvalue weighted by Crippen LogP contribution is 2.23. The van der Waals surface area contributed by atoms with Crippen LogP contribution in [-0.2, 0) is 0 Å². The van der Waals surface area contributed by atoms with Crippen molar-refractivity contribution in [1.82, 2.24) is 15.0 Å². The Morgan fingerprint density at radius 2 is 1.74 bits per heavy atom. The van der Waals surface area contributed by atoms with E-state index >= 15 is 0 Å². The normalized spacial score (nSPS) is 13.0. The lowest BCUT2D eigenvalue weighted by Gasteiger charge is -2.16. The fourth-order valence-corrected chi connectivity index (χ4v) is 2.68. The number of ether oxygens (including phenoxy) is 1. The van der Waals surface area contributed by atoms with Gasteiger partial charge in [-0.15, -0.1) is 0 Å². The smallest absolute Gasteiger partial charge is 0.229 e. The van der Waals surface area contributed by atoms with E-state index in [-0.39, 0.29) is 28.7 Å². The number of aromatic nitrogens is 3. The van der Waals surface area contributed by atoms with Gasteiger partial charge in [0.2, 0.25) is 11.6 Å². The number of hydrogen-bond donors (Lipinski definition) is 1. The summed E-state index contributed by atoms with van der Waals surface area (Å²) in [5, 5.41) is 2.95. The molecule has 0 amide bonds. The molecule has 27 heavy (non-hydrogen) atoms. The van der Waals surface area contributed by atoms with Crippen molar-refractivity contribution in [2.75, 3.05) is 12.4 Å². The monoisotopic (exact) mass is 358 g/mol. The highest BCUT2D eigenvalue weighted by atomic mass is 16.5. The number of pyridine rings is 1. The SMILES string of the molecule is COc1ccc(NC2=CC(=O)c3nc(-c4ccccn4)cnc3C2=O)cc1. The molecule has 1 N–H and O–H groups in total. The number of methoxy groups -OCH3 is 1. The van der Waals surface area contributed by atoms with E-state index in [1.54, 1.807) is 49.7 Å². The second-order valence-electron chi connectivity index (χ2n) is 5.77. The number of nitrogens with zero attached hydrogens (tertiary/aromatic N) is 3. The van der Waals surface area contributed by atoms with Gasteiger partial charge in [-0.3, -0.25) is 14.6 Å². The van der Waals surface area contributed by atoms with E-state index < -0.39 is 0 Å². The minimum Gasteiger partial charge on any atom is -0.497 e. The Balaban J connectivity index is 1.64. The Labute approximate surface area is 154 Å². The zero-order valence-corrected chi connectivity index (χ0v) is 14.3. The largest absolute Gasteiger partial charge is 0.497 e. The summed E-state index contributed by atoms with van der Waals surface area (Å²) in [6.07, 6.45) is 4.31. The number of ketones is 2. The van der Waals surface area contributed by atoms with E-state index in [1.807, 2.05) is 6.07 Å². The number of rotatable bonds is 4. The average molecular weight is 358 g/mol. The Bertz CT molecular complexity index is 1060. The summed E-state index contributed by atoms with van der Waals surface area (Å²) in [7, 11) is 1.57. The molecule has 7 heteroatoms. The first-order chi connectivity index (χ1) is 13.2. The topological polar surface area (TPSA) is 94.1 Å². The summed E-state index contributed by atoms with van der Waals surface area (Å²) in [5.74, 6) is -0.0785. The summed E-state index contributed by atoms with van der Waals surface area (Å²) >= 11 is 0. The molecule has 132 valence electrons. The second-order valence-corrected chi connectivity index (χ2v) is 5.77. The number of anilines is 1. The molecule has 0 aliphatic heterocycles. The van der Waals surface area contributed by atoms with Gasteiger partial charge in [0.05, 0.1) is 24.7 Å². The van der Waals surface area contributed by atoms with Gasteiger partial charge in [0, 0.05) is 18.0 Å². The minimum absolute atomic E-state index is 0.0261. The molecule has 0 atom stereocenters. The van der Waals surface area contributed by atoms with Crippen molar-refractivity contribution >= 4 is 17.3 Å². The van der Waals surface area contributed by atoms with Gasteiger partial charge >= 0.3 is 0 Å². The predicted octanol–water partition coefficient (Wildman–Crippen LogP) is 2.92. The molecule has 3 aromatic rings. The average Bonchev–Trinajstić information content (AvgIpc) is 2.72. The first-order valence-corrected chi connectivity index (χ1v) is 8.16. The van der Waals surface area contributed by atoms with Gasteiger partial charge in [-0.2, -0.15) is 0 Å². The number of Topliss-reactive ketones (excluding diaryl/α,β-unsaturated/α-hetero) is 1. The number of carbonyl (C=O) groups is 2. The molecule has 0 fully saturated rings. The predicted molar refractivity (Wildman–Crippen MR) is 98.6 cm³/mol. The Kier molecular flexibility index (Phi) is 4.18. The summed E-state index contributed by atoms with van der Waals surface area (Å²) in [5.41, 5.74) is 1.89. The lowest BCUT2D eigenvalue weighted by Crippen LogP contribution is -2.24. The number of carbonyl (C=O) groups excluding carboxylic acids is 2. The van der Waals surface area contributed by atoms with Crippen molar-refractivity contribution < 1.29 is 14.3 Å². The van der Waals surface area contributed by atoms with Crippen LogP contribution >= 0.6 is 0 Å². The van der Waals surface area contributed by atoms with E-state index in [0.29, 0.717) is 22.8 Å². The first kappa shape index (κ1) is 16.6. The molecule has 4 rings (SSSR count). The van der Waals surface area contributed by atoms with E-state index in [1.165, 1.54) is 12.3 Å². The number of fused-ring (bicyclic) bond motifs is 1. The first-order valence-electron chi connectivity index (χ1n) is 8.16. The van der Waals surface area contributed by atoms with Crippen molar-refractivity contribution in [1.29, 1.82) is 0 Å². The molecule has 0 bridgehead atoms. The van der Waals surface area contributed by atoms with Crippen LogP contribution in [0.15, 0.2) is 66.6 Å². The summed E-state index contributed by atoms with van der Waals surface area (Å²) < 4.78 is 5.10. The van der Waals surface area contributed by atoms with Crippen molar-refractivity contribution in [3.05, 3.63) is 78.0 Å². The number of allylic oxidation sites excluding steroid dienone is 2. The summed E-state index contributed by atoms with van der Waals surface area (Å²) in [6.45, 7) is 0. The van der Waals surface area contributed by atoms with Gasteiger partial charge in [0.25, 0.3) is 0 Å². The van der Waals surface area contributed by atoms with E-state index in [2.05, 4.69) is 20.3 Å². The lowest BCUT2D eigenvalue weighted by atomic mass is 10.0. The van der Waals surface area contributed by atoms with Crippen LogP contribution in [0.5, 0.6) is 5.75 Å². The van der Waals surface area contributed by atoms with E-state index in [9.17, 15) is 9.59 Å². The van der Waals surface area contributed by atoms with Crippen molar-refractivity contribution in [2.45, 2.75) is 0 Å². The standard InChI is InChI=1S/C20H14N4O3/c1-27-13-7-5-12(6-8-13)23-15-10-17(25)18-19(20(15)26)22-11-16(24-18)14-4-2-3-9-21-14/h2-11,23H,1H3. The maximum atomic E-state index is 12.7. The van der Waals surface area contributed by atoms with Gasteiger partial charge < -0.3 is 10.1 Å². The van der Waals surface area contributed by atoms with Gasteiger partial charge in [0.1, 0.15) is 22.8 Å². The molecule has 2 heterocycles. The third-order valence-corrected chi connectivity index (χ3v) is 4.04. The molecular weight excluding hydrogens is 344 g/mol. The number of hydrogen-bond acceptors (Lipinski definition) is 7. The summed E-state index contributed by atoms with van der Waals surface area (Å²) in [4.78, 5) is 37.9. The fourth-order valence-electron chi connectivity index (χ4n) is 2.68. The van der Waals surface area contributed by atoms with Crippen molar-refractivity contribution in [2.24, 2.45) is 0 Å². The highest BCUT2D eigenvalue weighted by molar-refractivity contribution is 6.23. The van der Waals surface area contributed by atoms with Crippen LogP contribution in [0.3, 0.4) is 0 Å². The molecule has 0 radical (unpaired) electrons. The zero-order chi connectivity index (χ0) is 18.8. The van der Waals surface area contributed by atoms with Crippen LogP contribution in [-0.4, -0.2) is 33.6 Å². The van der Waals surface area contributed by atoms with Crippen molar-refractivity contribution in [3.8, 4) is 17.1 Å². The quantitative estimate of drug-likeness (QED) is 0.766. The number of nitrogens with one attached hydrogen (secondary N) is 1. The Morgan fingerprint density at radius 3 is 2.44 bits per heavy atom. The molecular formula is C20H14N4O3. The van der Waals surface area contributed by atoms with E-state index in [0.717, 1.165) is 0 Å². The van der Waals surface area contributed by atoms with Crippen LogP contribution in [0.25, 0.3) is 11.4 Å². The van der Waals surface area contributed by atoms with Gasteiger partial charge in [0.15, 0.2) is 0 Å². The van der Waals surface area contributed by atoms with E-state index in [4.69, 9.17) is 4.74 Å². The maximum Gasteiger partial charge on any atom is 0.229 e. The summed E-state index contributed by atoms with van der Waals surface area (Å²) in [6, 6.07) is 12.4. The molecule has 0 unspecified atom stereocenters. The zero-order valence-electron chi connectivity index (χ0n) is 14.3. The van der Waals surface area contributed by atoms with Gasteiger partial charge in [-0.05, 0) is 36.4 Å². The third kappa shape index (κ3) is 3.18. The van der Waals surface area contributed by atoms with Crippen LogP contribution in [0.4, 0.5) is 5.69 Å². The highest BCUT2D eigenvalue weighted by Gasteiger charge is 2.29. The van der Waals surface area contributed by atoms with Crippen LogP contribution in [0.1, 0.15) is 21.0 Å².